The lowest BCUT2D eigenvalue weighted by Gasteiger charge is -2.31. The van der Waals surface area contributed by atoms with Crippen LogP contribution < -0.4 is 0 Å². The van der Waals surface area contributed by atoms with Gasteiger partial charge in [0.25, 0.3) is 5.91 Å². The van der Waals surface area contributed by atoms with E-state index in [1.165, 1.54) is 0 Å². The Hall–Kier alpha value is -2.63. The van der Waals surface area contributed by atoms with Crippen LogP contribution in [0.15, 0.2) is 33.2 Å². The third kappa shape index (κ3) is 2.60. The molecule has 0 spiro atoms. The summed E-state index contributed by atoms with van der Waals surface area (Å²) < 4.78 is 11.4. The van der Waals surface area contributed by atoms with Crippen molar-refractivity contribution in [2.24, 2.45) is 0 Å². The highest BCUT2D eigenvalue weighted by Crippen LogP contribution is 2.31. The lowest BCUT2D eigenvalue weighted by Crippen LogP contribution is -2.39. The Morgan fingerprint density at radius 2 is 2.04 bits per heavy atom. The number of hydrogen-bond donors (Lipinski definition) is 0. The van der Waals surface area contributed by atoms with E-state index in [4.69, 9.17) is 8.94 Å². The molecule has 1 atom stereocenters. The van der Waals surface area contributed by atoms with Crippen LogP contribution in [-0.4, -0.2) is 34.0 Å². The van der Waals surface area contributed by atoms with E-state index in [9.17, 15) is 4.79 Å². The number of aromatic nitrogens is 2. The second-order valence-electron chi connectivity index (χ2n) is 7.25. The summed E-state index contributed by atoms with van der Waals surface area (Å²) in [5.74, 6) is 1.73. The van der Waals surface area contributed by atoms with Gasteiger partial charge in [0, 0.05) is 25.1 Å². The third-order valence-corrected chi connectivity index (χ3v) is 5.52. The zero-order valence-corrected chi connectivity index (χ0v) is 14.6. The fourth-order valence-corrected chi connectivity index (χ4v) is 4.13. The van der Waals surface area contributed by atoms with Gasteiger partial charge in [0.2, 0.25) is 0 Å². The molecule has 6 nitrogen and oxygen atoms in total. The van der Waals surface area contributed by atoms with Gasteiger partial charge in [0.1, 0.15) is 11.3 Å². The molecule has 0 unspecified atom stereocenters. The van der Waals surface area contributed by atoms with Crippen LogP contribution in [0.2, 0.25) is 0 Å². The second kappa shape index (κ2) is 6.27. The lowest BCUT2D eigenvalue weighted by molar-refractivity contribution is 0.0687. The number of likely N-dealkylation sites (tertiary alicyclic amines) is 1. The Labute approximate surface area is 151 Å². The first-order valence-electron chi connectivity index (χ1n) is 9.42. The van der Waals surface area contributed by atoms with Gasteiger partial charge in [-0.3, -0.25) is 4.79 Å². The summed E-state index contributed by atoms with van der Waals surface area (Å²) in [6, 6.07) is 7.79. The summed E-state index contributed by atoms with van der Waals surface area (Å²) in [4.78, 5) is 19.5. The van der Waals surface area contributed by atoms with E-state index < -0.39 is 0 Å². The number of aryl methyl sites for hydroxylation is 1. The Bertz CT molecular complexity index is 925. The molecule has 1 aliphatic carbocycles. The molecule has 0 radical (unpaired) electrons. The van der Waals surface area contributed by atoms with Crippen LogP contribution in [0.25, 0.3) is 11.1 Å². The van der Waals surface area contributed by atoms with E-state index in [0.29, 0.717) is 12.2 Å². The van der Waals surface area contributed by atoms with E-state index in [1.54, 1.807) is 0 Å². The quantitative estimate of drug-likeness (QED) is 0.704. The normalized spacial score (nSPS) is 20.3. The van der Waals surface area contributed by atoms with Crippen LogP contribution in [0.5, 0.6) is 0 Å². The number of amides is 1. The molecule has 1 amide bonds. The van der Waals surface area contributed by atoms with Gasteiger partial charge in [0.05, 0.1) is 5.92 Å². The van der Waals surface area contributed by atoms with Crippen molar-refractivity contribution in [3.8, 4) is 0 Å². The zero-order chi connectivity index (χ0) is 17.5. The van der Waals surface area contributed by atoms with Gasteiger partial charge in [-0.1, -0.05) is 17.3 Å². The molecule has 1 fully saturated rings. The molecule has 3 aromatic rings. The number of rotatable bonds is 2. The topological polar surface area (TPSA) is 72.4 Å². The molecule has 3 heterocycles. The molecule has 1 aromatic carbocycles. The molecule has 2 aliphatic rings. The predicted octanol–water partition coefficient (Wildman–Crippen LogP) is 3.71. The van der Waals surface area contributed by atoms with Crippen molar-refractivity contribution in [1.29, 1.82) is 0 Å². The van der Waals surface area contributed by atoms with Gasteiger partial charge in [-0.25, -0.2) is 4.98 Å². The summed E-state index contributed by atoms with van der Waals surface area (Å²) in [5.41, 5.74) is 3.20. The molecule has 5 rings (SSSR count). The number of carbonyl (C=O) groups is 1. The van der Waals surface area contributed by atoms with Crippen LogP contribution >= 0.6 is 0 Å². The molecule has 0 bridgehead atoms. The number of carbonyl (C=O) groups excluding carboxylic acids is 1. The first-order valence-corrected chi connectivity index (χ1v) is 9.42. The minimum Gasteiger partial charge on any atom is -0.440 e. The van der Waals surface area contributed by atoms with Crippen LogP contribution in [0.4, 0.5) is 0 Å². The summed E-state index contributed by atoms with van der Waals surface area (Å²) in [6.45, 7) is 1.37. The zero-order valence-electron chi connectivity index (χ0n) is 14.6. The van der Waals surface area contributed by atoms with Crippen molar-refractivity contribution < 1.29 is 13.7 Å². The Morgan fingerprint density at radius 1 is 1.15 bits per heavy atom. The van der Waals surface area contributed by atoms with Crippen LogP contribution in [0, 0.1) is 0 Å². The fourth-order valence-electron chi connectivity index (χ4n) is 4.13. The summed E-state index contributed by atoms with van der Waals surface area (Å²) >= 11 is 0. The van der Waals surface area contributed by atoms with Crippen molar-refractivity contribution in [3.05, 3.63) is 47.2 Å². The van der Waals surface area contributed by atoms with Gasteiger partial charge in [-0.2, -0.15) is 0 Å². The first kappa shape index (κ1) is 15.6. The predicted molar refractivity (Wildman–Crippen MR) is 95.0 cm³/mol. The Morgan fingerprint density at radius 3 is 2.96 bits per heavy atom. The van der Waals surface area contributed by atoms with Gasteiger partial charge in [-0.05, 0) is 44.2 Å². The second-order valence-corrected chi connectivity index (χ2v) is 7.25. The molecular weight excluding hydrogens is 330 g/mol. The maximum Gasteiger partial charge on any atom is 0.276 e. The van der Waals surface area contributed by atoms with Crippen molar-refractivity contribution in [3.63, 3.8) is 0 Å². The van der Waals surface area contributed by atoms with E-state index in [1.807, 2.05) is 29.2 Å². The smallest absolute Gasteiger partial charge is 0.276 e. The van der Waals surface area contributed by atoms with E-state index in [0.717, 1.165) is 73.4 Å². The lowest BCUT2D eigenvalue weighted by atomic mass is 9.94. The number of fused-ring (bicyclic) bond motifs is 2. The van der Waals surface area contributed by atoms with Gasteiger partial charge in [0.15, 0.2) is 17.2 Å². The minimum absolute atomic E-state index is 0.0160. The molecule has 1 saturated heterocycles. The number of para-hydroxylation sites is 2. The third-order valence-electron chi connectivity index (χ3n) is 5.52. The molecule has 134 valence electrons. The minimum atomic E-state index is -0.0160. The molecular formula is C20H21N3O3. The van der Waals surface area contributed by atoms with E-state index in [2.05, 4.69) is 10.1 Å². The number of nitrogens with zero attached hydrogens (tertiary/aromatic N) is 3. The van der Waals surface area contributed by atoms with Gasteiger partial charge < -0.3 is 13.8 Å². The average Bonchev–Trinajstić information content (AvgIpc) is 3.32. The molecule has 6 heteroatoms. The Kier molecular flexibility index (Phi) is 3.76. The number of benzene rings is 1. The maximum absolute atomic E-state index is 13.0. The molecule has 26 heavy (non-hydrogen) atoms. The molecule has 0 saturated carbocycles. The fraction of sp³-hybridized carbons (Fsp3) is 0.450. The number of hydrogen-bond acceptors (Lipinski definition) is 5. The summed E-state index contributed by atoms with van der Waals surface area (Å²) in [5, 5.41) is 4.10. The van der Waals surface area contributed by atoms with Crippen LogP contribution in [-0.2, 0) is 12.8 Å². The summed E-state index contributed by atoms with van der Waals surface area (Å²) in [6.07, 6.45) is 5.91. The highest BCUT2D eigenvalue weighted by Gasteiger charge is 2.32. The average molecular weight is 351 g/mol. The Balaban J connectivity index is 1.38. The summed E-state index contributed by atoms with van der Waals surface area (Å²) in [7, 11) is 0. The van der Waals surface area contributed by atoms with Gasteiger partial charge in [-0.15, -0.1) is 0 Å². The monoisotopic (exact) mass is 351 g/mol. The van der Waals surface area contributed by atoms with Gasteiger partial charge >= 0.3 is 0 Å². The van der Waals surface area contributed by atoms with Crippen molar-refractivity contribution in [1.82, 2.24) is 15.0 Å². The van der Waals surface area contributed by atoms with Crippen LogP contribution in [0.3, 0.4) is 0 Å². The van der Waals surface area contributed by atoms with E-state index >= 15 is 0 Å². The largest absolute Gasteiger partial charge is 0.440 e. The van der Waals surface area contributed by atoms with Crippen molar-refractivity contribution in [2.75, 3.05) is 13.1 Å². The van der Waals surface area contributed by atoms with Crippen molar-refractivity contribution >= 4 is 17.0 Å². The highest BCUT2D eigenvalue weighted by atomic mass is 16.5. The highest BCUT2D eigenvalue weighted by molar-refractivity contribution is 5.94. The van der Waals surface area contributed by atoms with E-state index in [-0.39, 0.29) is 11.8 Å². The molecule has 1 aliphatic heterocycles. The van der Waals surface area contributed by atoms with Crippen molar-refractivity contribution in [2.45, 2.75) is 44.4 Å². The maximum atomic E-state index is 13.0. The molecule has 2 aromatic heterocycles. The first-order chi connectivity index (χ1) is 12.8. The SMILES string of the molecule is O=C(c1noc2c1CCCC2)N1CCC[C@@H](c2nc3ccccc3o2)C1. The number of oxazole rings is 1. The molecule has 0 N–H and O–H groups in total. The standard InChI is InChI=1S/C20H21N3O3/c24-20(18-14-7-1-3-9-16(14)26-22-18)23-11-5-6-13(12-23)19-21-15-8-2-4-10-17(15)25-19/h2,4,8,10,13H,1,3,5-7,9,11-12H2/t13-/m1/s1. The van der Waals surface area contributed by atoms with Crippen LogP contribution in [0.1, 0.15) is 59.3 Å². The number of piperidine rings is 1.